The Bertz CT molecular complexity index is 1300. The molecule has 2 N–H and O–H groups in total. The molecule has 3 saturated carbocycles. The Kier molecular flexibility index (Phi) is 6.09. The lowest BCUT2D eigenvalue weighted by molar-refractivity contribution is -0.223. The standard InChI is InChI=1S/C30H35NO7S/c1-27(2)37-23-12-20-19-7-6-17-11-18(32)9-10-28(17,3)25(19)21(33)13-29(20,4)30(23,38-27)22(34)15-39-24-8-5-16(14-31-24)26(35)36/h5,8-11,14,19-21,23,25,33H,6-7,12-13,15H2,1-4H3,(H,35,36)/t19?,20?,21?,23-,25?,28?,29?,30-/m1/s1. The number of ketones is 2. The van der Waals surface area contributed by atoms with E-state index in [4.69, 9.17) is 14.6 Å². The Morgan fingerprint density at radius 2 is 1.97 bits per heavy atom. The van der Waals surface area contributed by atoms with Crippen LogP contribution in [-0.2, 0) is 19.1 Å². The SMILES string of the molecule is CC1(C)O[C@@H]2CC3C4CCC5=CC(=O)C=CC5(C)C4C(O)CC3(C)[C@]2(C(=O)CSc2ccc(C(=O)O)cn2)O1. The molecule has 0 radical (unpaired) electrons. The van der Waals surface area contributed by atoms with Crippen molar-refractivity contribution in [2.24, 2.45) is 28.6 Å². The van der Waals surface area contributed by atoms with E-state index in [1.807, 2.05) is 19.9 Å². The third-order valence-corrected chi connectivity index (χ3v) is 11.2. The highest BCUT2D eigenvalue weighted by Gasteiger charge is 2.76. The highest BCUT2D eigenvalue weighted by Crippen LogP contribution is 2.70. The lowest BCUT2D eigenvalue weighted by Crippen LogP contribution is -2.63. The summed E-state index contributed by atoms with van der Waals surface area (Å²) < 4.78 is 13.1. The Labute approximate surface area is 232 Å². The van der Waals surface area contributed by atoms with E-state index in [-0.39, 0.29) is 40.6 Å². The lowest BCUT2D eigenvalue weighted by atomic mass is 9.46. The van der Waals surface area contributed by atoms with Crippen LogP contribution in [0.3, 0.4) is 0 Å². The van der Waals surface area contributed by atoms with Gasteiger partial charge in [-0.1, -0.05) is 37.3 Å². The van der Waals surface area contributed by atoms with Crippen molar-refractivity contribution in [2.45, 2.75) is 82.0 Å². The van der Waals surface area contributed by atoms with Gasteiger partial charge in [0.2, 0.25) is 0 Å². The van der Waals surface area contributed by atoms with E-state index in [9.17, 15) is 19.5 Å². The van der Waals surface area contributed by atoms with Crippen molar-refractivity contribution in [3.8, 4) is 0 Å². The fraction of sp³-hybridized carbons (Fsp3) is 0.600. The third-order valence-electron chi connectivity index (χ3n) is 10.2. The Morgan fingerprint density at radius 1 is 1.21 bits per heavy atom. The molecule has 6 rings (SSSR count). The molecule has 1 aromatic rings. The molecule has 0 bridgehead atoms. The second-order valence-corrected chi connectivity index (χ2v) is 13.7. The number of carboxylic acid groups (broad SMARTS) is 1. The summed E-state index contributed by atoms with van der Waals surface area (Å²) in [6.07, 6.45) is 8.26. The first-order valence-corrected chi connectivity index (χ1v) is 14.6. The monoisotopic (exact) mass is 553 g/mol. The van der Waals surface area contributed by atoms with Crippen molar-refractivity contribution in [3.63, 3.8) is 0 Å². The highest BCUT2D eigenvalue weighted by molar-refractivity contribution is 7.99. The minimum atomic E-state index is -1.21. The van der Waals surface area contributed by atoms with Crippen molar-refractivity contribution in [2.75, 3.05) is 5.75 Å². The number of nitrogens with zero attached hydrogens (tertiary/aromatic N) is 1. The van der Waals surface area contributed by atoms with Crippen molar-refractivity contribution in [1.82, 2.24) is 4.98 Å². The smallest absolute Gasteiger partial charge is 0.337 e. The number of allylic oxidation sites excluding steroid dienone is 4. The van der Waals surface area contributed by atoms with Gasteiger partial charge in [-0.2, -0.15) is 0 Å². The summed E-state index contributed by atoms with van der Waals surface area (Å²) in [6.45, 7) is 7.90. The predicted molar refractivity (Wildman–Crippen MR) is 143 cm³/mol. The largest absolute Gasteiger partial charge is 0.478 e. The van der Waals surface area contributed by atoms with Crippen LogP contribution in [0.25, 0.3) is 0 Å². The minimum Gasteiger partial charge on any atom is -0.478 e. The van der Waals surface area contributed by atoms with Gasteiger partial charge >= 0.3 is 5.97 Å². The predicted octanol–water partition coefficient (Wildman–Crippen LogP) is 4.22. The van der Waals surface area contributed by atoms with Gasteiger partial charge in [0.25, 0.3) is 0 Å². The highest BCUT2D eigenvalue weighted by atomic mass is 32.2. The van der Waals surface area contributed by atoms with Gasteiger partial charge in [-0.05, 0) is 75.7 Å². The molecule has 1 saturated heterocycles. The van der Waals surface area contributed by atoms with Crippen molar-refractivity contribution < 1.29 is 34.1 Å². The molecule has 8 atom stereocenters. The molecular weight excluding hydrogens is 518 g/mol. The summed E-state index contributed by atoms with van der Waals surface area (Å²) in [7, 11) is 0. The third kappa shape index (κ3) is 3.84. The van der Waals surface area contributed by atoms with Crippen LogP contribution < -0.4 is 0 Å². The van der Waals surface area contributed by atoms with E-state index in [0.717, 1.165) is 18.4 Å². The van der Waals surface area contributed by atoms with Crippen LogP contribution in [0, 0.1) is 28.6 Å². The molecule has 4 fully saturated rings. The zero-order valence-corrected chi connectivity index (χ0v) is 23.5. The van der Waals surface area contributed by atoms with Gasteiger partial charge in [0, 0.05) is 22.9 Å². The minimum absolute atomic E-state index is 0.00429. The molecular formula is C30H35NO7S. The maximum absolute atomic E-state index is 14.3. The Hall–Kier alpha value is -2.33. The lowest BCUT2D eigenvalue weighted by Gasteiger charge is -2.60. The van der Waals surface area contributed by atoms with Crippen LogP contribution in [0.15, 0.2) is 47.2 Å². The van der Waals surface area contributed by atoms with E-state index in [1.54, 1.807) is 18.2 Å². The van der Waals surface area contributed by atoms with Crippen molar-refractivity contribution >= 4 is 29.3 Å². The number of aliphatic hydroxyl groups is 1. The number of ether oxygens (including phenoxy) is 2. The molecule has 2 heterocycles. The number of Topliss-reactive ketones (excluding diaryl/α,β-unsaturated/α-hetero) is 1. The Morgan fingerprint density at radius 3 is 2.67 bits per heavy atom. The average molecular weight is 554 g/mol. The molecule has 9 heteroatoms. The maximum atomic E-state index is 14.3. The first kappa shape index (κ1) is 26.9. The van der Waals surface area contributed by atoms with E-state index in [0.29, 0.717) is 17.9 Å². The van der Waals surface area contributed by atoms with Crippen LogP contribution >= 0.6 is 11.8 Å². The maximum Gasteiger partial charge on any atom is 0.337 e. The van der Waals surface area contributed by atoms with E-state index in [2.05, 4.69) is 18.8 Å². The van der Waals surface area contributed by atoms with Crippen molar-refractivity contribution in [1.29, 1.82) is 0 Å². The fourth-order valence-electron chi connectivity index (χ4n) is 8.76. The zero-order chi connectivity index (χ0) is 28.0. The van der Waals surface area contributed by atoms with Gasteiger partial charge < -0.3 is 19.7 Å². The number of pyridine rings is 1. The van der Waals surface area contributed by atoms with Gasteiger partial charge in [-0.25, -0.2) is 9.78 Å². The quantitative estimate of drug-likeness (QED) is 0.516. The number of hydrogen-bond donors (Lipinski definition) is 2. The summed E-state index contributed by atoms with van der Waals surface area (Å²) >= 11 is 1.26. The molecule has 208 valence electrons. The number of aliphatic hydroxyl groups excluding tert-OH is 1. The van der Waals surface area contributed by atoms with Crippen LogP contribution in [0.1, 0.15) is 63.7 Å². The van der Waals surface area contributed by atoms with Gasteiger partial charge in [-0.3, -0.25) is 9.59 Å². The Balaban J connectivity index is 1.32. The number of hydrogen-bond acceptors (Lipinski definition) is 8. The molecule has 0 spiro atoms. The van der Waals surface area contributed by atoms with Gasteiger partial charge in [0.1, 0.15) is 0 Å². The van der Waals surface area contributed by atoms with Crippen LogP contribution in [0.4, 0.5) is 0 Å². The van der Waals surface area contributed by atoms with Gasteiger partial charge in [0.05, 0.1) is 28.6 Å². The van der Waals surface area contributed by atoms with Crippen LogP contribution in [0.2, 0.25) is 0 Å². The van der Waals surface area contributed by atoms with E-state index < -0.39 is 40.4 Å². The molecule has 1 aromatic heterocycles. The van der Waals surface area contributed by atoms with Gasteiger partial charge in [0.15, 0.2) is 23.0 Å². The number of fused-ring (bicyclic) bond motifs is 7. The molecule has 39 heavy (non-hydrogen) atoms. The van der Waals surface area contributed by atoms with E-state index in [1.165, 1.54) is 24.0 Å². The summed E-state index contributed by atoms with van der Waals surface area (Å²) in [5.41, 5.74) is -1.06. The topological polar surface area (TPSA) is 123 Å². The molecule has 5 aliphatic rings. The second-order valence-electron chi connectivity index (χ2n) is 12.7. The average Bonchev–Trinajstić information content (AvgIpc) is 3.28. The number of thioether (sulfide) groups is 1. The summed E-state index contributed by atoms with van der Waals surface area (Å²) in [6, 6.07) is 3.09. The number of carboxylic acids is 1. The molecule has 6 unspecified atom stereocenters. The first-order chi connectivity index (χ1) is 18.3. The van der Waals surface area contributed by atoms with Crippen molar-refractivity contribution in [3.05, 3.63) is 47.7 Å². The molecule has 1 aliphatic heterocycles. The first-order valence-electron chi connectivity index (χ1n) is 13.7. The number of carbonyl (C=O) groups is 3. The second kappa shape index (κ2) is 8.83. The molecule has 4 aliphatic carbocycles. The molecule has 8 nitrogen and oxygen atoms in total. The summed E-state index contributed by atoms with van der Waals surface area (Å²) in [5.74, 6) is -1.77. The number of rotatable bonds is 5. The number of aromatic nitrogens is 1. The number of aromatic carboxylic acids is 1. The zero-order valence-electron chi connectivity index (χ0n) is 22.7. The summed E-state index contributed by atoms with van der Waals surface area (Å²) in [4.78, 5) is 41.8. The fourth-order valence-corrected chi connectivity index (χ4v) is 9.55. The van der Waals surface area contributed by atoms with Gasteiger partial charge in [-0.15, -0.1) is 0 Å². The summed E-state index contributed by atoms with van der Waals surface area (Å²) in [5, 5.41) is 21.5. The normalized spacial score (nSPS) is 41.7. The van der Waals surface area contributed by atoms with Crippen LogP contribution in [-0.4, -0.2) is 62.1 Å². The number of carbonyl (C=O) groups excluding carboxylic acids is 2. The van der Waals surface area contributed by atoms with Crippen LogP contribution in [0.5, 0.6) is 0 Å². The molecule has 0 aromatic carbocycles. The van der Waals surface area contributed by atoms with E-state index >= 15 is 0 Å². The molecule has 0 amide bonds.